The number of nitrogens with zero attached hydrogens (tertiary/aromatic N) is 4. The molecule has 1 atom stereocenters. The van der Waals surface area contributed by atoms with Crippen LogP contribution >= 0.6 is 0 Å². The number of aromatic hydroxyl groups is 1. The van der Waals surface area contributed by atoms with Gasteiger partial charge in [-0.15, -0.1) is 6.58 Å². The van der Waals surface area contributed by atoms with Crippen LogP contribution in [0.2, 0.25) is 0 Å². The Kier molecular flexibility index (Phi) is 9.00. The molecule has 3 heterocycles. The van der Waals surface area contributed by atoms with Gasteiger partial charge in [0.25, 0.3) is 0 Å². The highest BCUT2D eigenvalue weighted by atomic mass is 19.1. The molecule has 238 valence electrons. The normalized spacial score (nSPS) is 15.7. The van der Waals surface area contributed by atoms with E-state index >= 15 is 0 Å². The summed E-state index contributed by atoms with van der Waals surface area (Å²) in [5.74, 6) is -0.505. The van der Waals surface area contributed by atoms with Gasteiger partial charge >= 0.3 is 5.97 Å². The molecule has 4 aromatic rings. The Hall–Kier alpha value is -4.28. The Labute approximate surface area is 263 Å². The third kappa shape index (κ3) is 6.72. The van der Waals surface area contributed by atoms with E-state index in [1.54, 1.807) is 28.8 Å². The highest BCUT2D eigenvalue weighted by Crippen LogP contribution is 2.39. The van der Waals surface area contributed by atoms with Crippen molar-refractivity contribution < 1.29 is 28.5 Å². The summed E-state index contributed by atoms with van der Waals surface area (Å²) in [5.41, 5.74) is 2.75. The summed E-state index contributed by atoms with van der Waals surface area (Å²) in [6.45, 7) is 15.2. The Balaban J connectivity index is 1.67. The summed E-state index contributed by atoms with van der Waals surface area (Å²) in [5, 5.41) is 15.4. The largest absolute Gasteiger partial charge is 0.507 e. The average Bonchev–Trinajstić information content (AvgIpc) is 3.42. The van der Waals surface area contributed by atoms with E-state index in [1.165, 1.54) is 25.3 Å². The number of piperidine rings is 1. The second-order valence-electron chi connectivity index (χ2n) is 12.6. The van der Waals surface area contributed by atoms with Gasteiger partial charge in [0.15, 0.2) is 11.8 Å². The lowest BCUT2D eigenvalue weighted by atomic mass is 9.92. The van der Waals surface area contributed by atoms with Crippen LogP contribution in [0.15, 0.2) is 61.2 Å². The minimum Gasteiger partial charge on any atom is -0.507 e. The molecule has 1 fully saturated rings. The Morgan fingerprint density at radius 3 is 2.49 bits per heavy atom. The van der Waals surface area contributed by atoms with Crippen LogP contribution in [0.1, 0.15) is 57.9 Å². The first-order valence-electron chi connectivity index (χ1n) is 15.1. The van der Waals surface area contributed by atoms with Crippen LogP contribution in [-0.2, 0) is 19.0 Å². The van der Waals surface area contributed by atoms with Crippen LogP contribution in [-0.4, -0.2) is 63.7 Å². The summed E-state index contributed by atoms with van der Waals surface area (Å²) in [6.07, 6.45) is 2.19. The van der Waals surface area contributed by atoms with Gasteiger partial charge in [-0.25, -0.2) is 14.2 Å². The molecule has 1 aliphatic heterocycles. The van der Waals surface area contributed by atoms with Crippen molar-refractivity contribution in [2.75, 3.05) is 31.7 Å². The Bertz CT molecular complexity index is 1700. The standard InChI is InChI=1S/C35H41FN4O5/c1-8-19-44-35(6)15-17-39(18-16-35)32-29(31(33(42)43-7)45-34(3,4)5)22(2)37-28-21-26(38-40(28)32)23-11-9-12-24(20-23)30-25(36)13-10-14-27(30)41/h8-14,20-21,31,41H,1,15-19H2,2-7H3/t31-/m0/s1. The molecule has 0 saturated carbocycles. The van der Waals surface area contributed by atoms with Crippen molar-refractivity contribution in [2.24, 2.45) is 0 Å². The first-order chi connectivity index (χ1) is 21.3. The van der Waals surface area contributed by atoms with Crippen molar-refractivity contribution in [1.82, 2.24) is 14.6 Å². The number of anilines is 1. The van der Waals surface area contributed by atoms with Crippen molar-refractivity contribution in [3.63, 3.8) is 0 Å². The van der Waals surface area contributed by atoms with Crippen molar-refractivity contribution >= 4 is 17.4 Å². The van der Waals surface area contributed by atoms with E-state index in [-0.39, 0.29) is 16.9 Å². The number of hydrogen-bond acceptors (Lipinski definition) is 8. The third-order valence-corrected chi connectivity index (χ3v) is 8.06. The lowest BCUT2D eigenvalue weighted by molar-refractivity contribution is -0.164. The zero-order valence-electron chi connectivity index (χ0n) is 26.8. The predicted molar refractivity (Wildman–Crippen MR) is 172 cm³/mol. The van der Waals surface area contributed by atoms with Gasteiger partial charge in [-0.05, 0) is 71.2 Å². The van der Waals surface area contributed by atoms with Crippen molar-refractivity contribution in [3.05, 3.63) is 78.3 Å². The number of aryl methyl sites for hydroxylation is 1. The first kappa shape index (κ1) is 32.1. The molecule has 0 radical (unpaired) electrons. The molecule has 5 rings (SSSR count). The van der Waals surface area contributed by atoms with E-state index in [2.05, 4.69) is 18.4 Å². The fourth-order valence-corrected chi connectivity index (χ4v) is 5.78. The van der Waals surface area contributed by atoms with Crippen LogP contribution in [0.4, 0.5) is 10.2 Å². The number of benzene rings is 2. The number of carbonyl (C=O) groups is 1. The number of esters is 1. The summed E-state index contributed by atoms with van der Waals surface area (Å²) >= 11 is 0. The van der Waals surface area contributed by atoms with Crippen molar-refractivity contribution in [3.8, 4) is 28.1 Å². The lowest BCUT2D eigenvalue weighted by Crippen LogP contribution is -2.45. The summed E-state index contributed by atoms with van der Waals surface area (Å²) in [6, 6.07) is 13.3. The minimum absolute atomic E-state index is 0.121. The maximum atomic E-state index is 14.7. The molecule has 2 aromatic heterocycles. The van der Waals surface area contributed by atoms with Gasteiger partial charge < -0.3 is 24.2 Å². The lowest BCUT2D eigenvalue weighted by Gasteiger charge is -2.41. The van der Waals surface area contributed by atoms with Gasteiger partial charge in [0.05, 0.1) is 41.7 Å². The van der Waals surface area contributed by atoms with Gasteiger partial charge in [-0.3, -0.25) is 0 Å². The van der Waals surface area contributed by atoms with Crippen molar-refractivity contribution in [2.45, 2.75) is 64.8 Å². The van der Waals surface area contributed by atoms with Gasteiger partial charge in [-0.2, -0.15) is 9.61 Å². The van der Waals surface area contributed by atoms with E-state index in [0.717, 1.165) is 12.8 Å². The summed E-state index contributed by atoms with van der Waals surface area (Å²) < 4.78 is 34.2. The summed E-state index contributed by atoms with van der Waals surface area (Å²) in [4.78, 5) is 20.4. The fraction of sp³-hybridized carbons (Fsp3) is 0.400. The number of halogens is 1. The molecule has 0 bridgehead atoms. The molecule has 9 nitrogen and oxygen atoms in total. The van der Waals surface area contributed by atoms with Gasteiger partial charge in [0.1, 0.15) is 17.4 Å². The zero-order chi connectivity index (χ0) is 32.5. The minimum atomic E-state index is -1.05. The van der Waals surface area contributed by atoms with Gasteiger partial charge in [-0.1, -0.05) is 30.3 Å². The number of rotatable bonds is 9. The Morgan fingerprint density at radius 2 is 1.84 bits per heavy atom. The van der Waals surface area contributed by atoms with Gasteiger partial charge in [0, 0.05) is 30.4 Å². The molecule has 0 aliphatic carbocycles. The molecule has 2 aromatic carbocycles. The average molecular weight is 617 g/mol. The maximum Gasteiger partial charge on any atom is 0.339 e. The molecule has 1 N–H and O–H groups in total. The van der Waals surface area contributed by atoms with Crippen LogP contribution in [0, 0.1) is 12.7 Å². The summed E-state index contributed by atoms with van der Waals surface area (Å²) in [7, 11) is 1.35. The van der Waals surface area contributed by atoms with Crippen LogP contribution in [0.5, 0.6) is 5.75 Å². The predicted octanol–water partition coefficient (Wildman–Crippen LogP) is 6.81. The first-order valence-corrected chi connectivity index (χ1v) is 15.1. The second-order valence-corrected chi connectivity index (χ2v) is 12.6. The molecule has 10 heteroatoms. The second kappa shape index (κ2) is 12.6. The number of aromatic nitrogens is 3. The van der Waals surface area contributed by atoms with Crippen molar-refractivity contribution in [1.29, 1.82) is 0 Å². The quantitative estimate of drug-likeness (QED) is 0.162. The smallest absolute Gasteiger partial charge is 0.339 e. The highest BCUT2D eigenvalue weighted by Gasteiger charge is 2.38. The Morgan fingerprint density at radius 1 is 1.16 bits per heavy atom. The molecule has 1 saturated heterocycles. The molecule has 1 aliphatic rings. The fourth-order valence-electron chi connectivity index (χ4n) is 5.78. The molecule has 0 amide bonds. The number of methoxy groups -OCH3 is 1. The topological polar surface area (TPSA) is 98.4 Å². The molecule has 0 unspecified atom stereocenters. The number of carbonyl (C=O) groups excluding carboxylic acids is 1. The highest BCUT2D eigenvalue weighted by molar-refractivity contribution is 5.81. The molecule has 45 heavy (non-hydrogen) atoms. The van der Waals surface area contributed by atoms with E-state index < -0.39 is 23.5 Å². The molecule has 0 spiro atoms. The monoisotopic (exact) mass is 616 g/mol. The molecular weight excluding hydrogens is 575 g/mol. The number of hydrogen-bond donors (Lipinski definition) is 1. The van der Waals surface area contributed by atoms with E-state index in [4.69, 9.17) is 24.3 Å². The van der Waals surface area contributed by atoms with E-state index in [0.29, 0.717) is 59.2 Å². The van der Waals surface area contributed by atoms with E-state index in [1.807, 2.05) is 39.8 Å². The van der Waals surface area contributed by atoms with Crippen LogP contribution < -0.4 is 4.90 Å². The number of fused-ring (bicyclic) bond motifs is 1. The maximum absolute atomic E-state index is 14.7. The number of ether oxygens (including phenoxy) is 3. The van der Waals surface area contributed by atoms with Crippen LogP contribution in [0.3, 0.4) is 0 Å². The van der Waals surface area contributed by atoms with Crippen LogP contribution in [0.25, 0.3) is 28.0 Å². The zero-order valence-corrected chi connectivity index (χ0v) is 26.8. The molecular formula is C35H41FN4O5. The number of phenolic OH excluding ortho intramolecular Hbond substituents is 1. The van der Waals surface area contributed by atoms with E-state index in [9.17, 15) is 14.3 Å². The number of phenols is 1. The van der Waals surface area contributed by atoms with Gasteiger partial charge in [0.2, 0.25) is 0 Å². The SMILES string of the molecule is C=CCOC1(C)CCN(c2c([C@H](OC(C)(C)C)C(=O)OC)c(C)nc3cc(-c4cccc(-c5c(O)cccc5F)c4)nn23)CC1. The third-order valence-electron chi connectivity index (χ3n) is 8.06.